The molecule has 0 aromatic heterocycles. The predicted molar refractivity (Wildman–Crippen MR) is 84.7 cm³/mol. The Balaban J connectivity index is 1.85. The number of Topliss-reactive ketones (excluding diaryl/α,β-unsaturated/α-hetero) is 2. The molecule has 2 saturated heterocycles. The third-order valence-corrected chi connectivity index (χ3v) is 5.99. The van der Waals surface area contributed by atoms with E-state index in [1.165, 1.54) is 7.11 Å². The molecule has 4 aliphatic rings. The predicted octanol–water partition coefficient (Wildman–Crippen LogP) is -1.31. The number of amides is 1. The number of ketones is 2. The van der Waals surface area contributed by atoms with Gasteiger partial charge in [-0.15, -0.1) is 0 Å². The molecule has 1 amide bonds. The minimum atomic E-state index is -0.949. The van der Waals surface area contributed by atoms with Crippen molar-refractivity contribution in [1.82, 2.24) is 9.80 Å². The van der Waals surface area contributed by atoms with Crippen molar-refractivity contribution < 1.29 is 23.9 Å². The van der Waals surface area contributed by atoms with E-state index in [0.717, 1.165) is 0 Å². The Bertz CT molecular complexity index is 787. The number of rotatable bonds is 3. The minimum absolute atomic E-state index is 0.00768. The summed E-state index contributed by atoms with van der Waals surface area (Å²) in [6.07, 6.45) is -0.945. The van der Waals surface area contributed by atoms with Crippen molar-refractivity contribution in [3.8, 4) is 0 Å². The van der Waals surface area contributed by atoms with Crippen LogP contribution in [0.15, 0.2) is 22.5 Å². The zero-order valence-corrected chi connectivity index (χ0v) is 14.2. The van der Waals surface area contributed by atoms with E-state index in [2.05, 4.69) is 4.90 Å². The second-order valence-corrected chi connectivity index (χ2v) is 6.89. The molecule has 9 heteroatoms. The molecule has 9 nitrogen and oxygen atoms in total. The molecule has 0 saturated carbocycles. The van der Waals surface area contributed by atoms with Gasteiger partial charge >= 0.3 is 6.09 Å². The van der Waals surface area contributed by atoms with E-state index in [9.17, 15) is 14.4 Å². The van der Waals surface area contributed by atoms with Crippen molar-refractivity contribution >= 4 is 17.7 Å². The molecule has 4 rings (SSSR count). The zero-order chi connectivity index (χ0) is 18.3. The van der Waals surface area contributed by atoms with Crippen molar-refractivity contribution in [3.63, 3.8) is 0 Å². The molecular formula is C16H20N4O5. The highest BCUT2D eigenvalue weighted by atomic mass is 16.6. The molecule has 1 aliphatic carbocycles. The third-order valence-electron chi connectivity index (χ3n) is 5.99. The molecule has 0 aromatic rings. The van der Waals surface area contributed by atoms with Gasteiger partial charge in [-0.25, -0.2) is 4.79 Å². The van der Waals surface area contributed by atoms with Gasteiger partial charge < -0.3 is 25.8 Å². The summed E-state index contributed by atoms with van der Waals surface area (Å²) in [5.74, 6) is -1.32. The monoisotopic (exact) mass is 348 g/mol. The molecule has 0 aromatic carbocycles. The van der Waals surface area contributed by atoms with Crippen molar-refractivity contribution in [2.24, 2.45) is 17.4 Å². The average Bonchev–Trinajstić information content (AvgIpc) is 2.96. The topological polar surface area (TPSA) is 128 Å². The molecule has 134 valence electrons. The van der Waals surface area contributed by atoms with Gasteiger partial charge in [0.05, 0.1) is 23.4 Å². The number of piperazine rings is 1. The normalized spacial score (nSPS) is 38.8. The van der Waals surface area contributed by atoms with Gasteiger partial charge in [-0.3, -0.25) is 14.5 Å². The van der Waals surface area contributed by atoms with Gasteiger partial charge in [-0.05, 0) is 14.0 Å². The Kier molecular flexibility index (Phi) is 3.11. The first-order valence-electron chi connectivity index (χ1n) is 8.04. The Hall–Kier alpha value is -2.39. The van der Waals surface area contributed by atoms with Gasteiger partial charge in [0.2, 0.25) is 11.6 Å². The first-order valence-corrected chi connectivity index (χ1v) is 8.04. The van der Waals surface area contributed by atoms with Crippen LogP contribution in [0.4, 0.5) is 4.79 Å². The van der Waals surface area contributed by atoms with E-state index < -0.39 is 23.5 Å². The van der Waals surface area contributed by atoms with E-state index in [-0.39, 0.29) is 41.3 Å². The number of hydrogen-bond acceptors (Lipinski definition) is 8. The van der Waals surface area contributed by atoms with Gasteiger partial charge in [0, 0.05) is 30.8 Å². The van der Waals surface area contributed by atoms with Crippen molar-refractivity contribution in [2.75, 3.05) is 27.3 Å². The van der Waals surface area contributed by atoms with Crippen molar-refractivity contribution in [2.45, 2.75) is 24.7 Å². The van der Waals surface area contributed by atoms with Crippen LogP contribution in [0.5, 0.6) is 0 Å². The van der Waals surface area contributed by atoms with E-state index in [1.54, 1.807) is 6.92 Å². The maximum Gasteiger partial charge on any atom is 0.404 e. The van der Waals surface area contributed by atoms with Crippen LogP contribution in [0.3, 0.4) is 0 Å². The van der Waals surface area contributed by atoms with E-state index in [0.29, 0.717) is 12.2 Å². The second kappa shape index (κ2) is 4.83. The SMILES string of the molecule is CO[C@]12[C@@H](COC(N)=O)C3=C(C(=O)C(C)=C(N)C3=O)N1C[C@@H]1[C@H]2N1C. The molecule has 0 bridgehead atoms. The fraction of sp³-hybridized carbons (Fsp3) is 0.562. The lowest BCUT2D eigenvalue weighted by Gasteiger charge is -2.40. The van der Waals surface area contributed by atoms with Crippen LogP contribution >= 0.6 is 0 Å². The second-order valence-electron chi connectivity index (χ2n) is 6.89. The first kappa shape index (κ1) is 16.1. The molecule has 3 heterocycles. The number of likely N-dealkylation sites (N-methyl/N-ethyl adjacent to an activating group) is 1. The largest absolute Gasteiger partial charge is 0.449 e. The number of allylic oxidation sites excluding steroid dienone is 2. The number of carbonyl (C=O) groups is 3. The quantitative estimate of drug-likeness (QED) is 0.475. The Morgan fingerprint density at radius 2 is 2.04 bits per heavy atom. The number of methoxy groups -OCH3 is 1. The van der Waals surface area contributed by atoms with E-state index in [1.807, 2.05) is 11.9 Å². The molecule has 0 spiro atoms. The Labute approximate surface area is 144 Å². The summed E-state index contributed by atoms with van der Waals surface area (Å²) >= 11 is 0. The molecule has 1 unspecified atom stereocenters. The Morgan fingerprint density at radius 3 is 2.64 bits per heavy atom. The lowest BCUT2D eigenvalue weighted by atomic mass is 9.82. The van der Waals surface area contributed by atoms with Crippen LogP contribution in [0.1, 0.15) is 6.92 Å². The fourth-order valence-electron chi connectivity index (χ4n) is 4.73. The van der Waals surface area contributed by atoms with Crippen molar-refractivity contribution in [1.29, 1.82) is 0 Å². The number of nitrogens with two attached hydrogens (primary N) is 2. The summed E-state index contributed by atoms with van der Waals surface area (Å²) < 4.78 is 10.9. The van der Waals surface area contributed by atoms with E-state index >= 15 is 0 Å². The Morgan fingerprint density at radius 1 is 1.36 bits per heavy atom. The number of ether oxygens (including phenoxy) is 2. The molecule has 0 radical (unpaired) electrons. The van der Waals surface area contributed by atoms with Gasteiger partial charge in [-0.2, -0.15) is 0 Å². The summed E-state index contributed by atoms with van der Waals surface area (Å²) in [5.41, 5.74) is 10.8. The number of fused-ring (bicyclic) bond motifs is 4. The van der Waals surface area contributed by atoms with Crippen molar-refractivity contribution in [3.05, 3.63) is 22.5 Å². The summed E-state index contributed by atoms with van der Waals surface area (Å²) in [6, 6.07) is 0.211. The zero-order valence-electron chi connectivity index (χ0n) is 14.2. The number of primary amides is 1. The highest BCUT2D eigenvalue weighted by Gasteiger charge is 2.75. The number of carbonyl (C=O) groups excluding carboxylic acids is 3. The standard InChI is InChI=1S/C16H20N4O5/c1-6-10(17)13(22)9-7(5-25-15(18)23)16(24-3)14-8(19(14)2)4-20(16)11(9)12(6)21/h7-8,14H,4-5,17H2,1-3H3,(H2,18,23)/t7-,8+,14+,16-,19?/m0/s1. The highest BCUT2D eigenvalue weighted by Crippen LogP contribution is 2.59. The lowest BCUT2D eigenvalue weighted by Crippen LogP contribution is -2.55. The molecule has 2 fully saturated rings. The van der Waals surface area contributed by atoms with Gasteiger partial charge in [0.1, 0.15) is 6.61 Å². The first-order chi connectivity index (χ1) is 11.8. The van der Waals surface area contributed by atoms with Gasteiger partial charge in [-0.1, -0.05) is 0 Å². The number of hydrogen-bond donors (Lipinski definition) is 2. The van der Waals surface area contributed by atoms with E-state index in [4.69, 9.17) is 20.9 Å². The minimum Gasteiger partial charge on any atom is -0.449 e. The average molecular weight is 348 g/mol. The van der Waals surface area contributed by atoms with Crippen LogP contribution in [0.25, 0.3) is 0 Å². The van der Waals surface area contributed by atoms with Crippen LogP contribution in [-0.2, 0) is 19.1 Å². The van der Waals surface area contributed by atoms with Crippen LogP contribution in [0.2, 0.25) is 0 Å². The maximum atomic E-state index is 12.9. The molecule has 5 atom stereocenters. The number of nitrogens with zero attached hydrogens (tertiary/aromatic N) is 2. The molecular weight excluding hydrogens is 328 g/mol. The fourth-order valence-corrected chi connectivity index (χ4v) is 4.73. The van der Waals surface area contributed by atoms with Gasteiger partial charge in [0.15, 0.2) is 5.72 Å². The highest BCUT2D eigenvalue weighted by molar-refractivity contribution is 6.25. The molecule has 25 heavy (non-hydrogen) atoms. The van der Waals surface area contributed by atoms with Crippen LogP contribution in [0, 0.1) is 5.92 Å². The molecule has 3 aliphatic heterocycles. The lowest BCUT2D eigenvalue weighted by molar-refractivity contribution is -0.144. The van der Waals surface area contributed by atoms with Crippen LogP contribution < -0.4 is 11.5 Å². The summed E-state index contributed by atoms with van der Waals surface area (Å²) in [6.45, 7) is 1.96. The van der Waals surface area contributed by atoms with Crippen LogP contribution in [-0.4, -0.2) is 72.6 Å². The smallest absolute Gasteiger partial charge is 0.404 e. The molecule has 4 N–H and O–H groups in total. The van der Waals surface area contributed by atoms with Gasteiger partial charge in [0.25, 0.3) is 0 Å². The summed E-state index contributed by atoms with van der Waals surface area (Å²) in [5, 5.41) is 0. The third kappa shape index (κ3) is 1.72. The summed E-state index contributed by atoms with van der Waals surface area (Å²) in [7, 11) is 3.49. The maximum absolute atomic E-state index is 12.9. The summed E-state index contributed by atoms with van der Waals surface area (Å²) in [4.78, 5) is 40.8.